The summed E-state index contributed by atoms with van der Waals surface area (Å²) >= 11 is 0. The summed E-state index contributed by atoms with van der Waals surface area (Å²) in [6.45, 7) is 6.03. The van der Waals surface area contributed by atoms with E-state index in [1.807, 2.05) is 32.2 Å². The molecule has 0 radical (unpaired) electrons. The number of benzene rings is 1. The van der Waals surface area contributed by atoms with Crippen molar-refractivity contribution in [1.82, 2.24) is 19.9 Å². The van der Waals surface area contributed by atoms with E-state index in [0.29, 0.717) is 30.8 Å². The summed E-state index contributed by atoms with van der Waals surface area (Å²) in [5, 5.41) is 28.7. The minimum absolute atomic E-state index is 0.206. The smallest absolute Gasteiger partial charge is 0.123 e. The summed E-state index contributed by atoms with van der Waals surface area (Å²) in [6.07, 6.45) is 3.37. The van der Waals surface area contributed by atoms with Gasteiger partial charge in [0.2, 0.25) is 0 Å². The van der Waals surface area contributed by atoms with E-state index in [0.717, 1.165) is 24.3 Å². The molecule has 0 spiro atoms. The molecule has 2 heterocycles. The molecule has 26 heavy (non-hydrogen) atoms. The van der Waals surface area contributed by atoms with Gasteiger partial charge in [-0.05, 0) is 51.4 Å². The highest BCUT2D eigenvalue weighted by Crippen LogP contribution is 2.32. The van der Waals surface area contributed by atoms with Crippen LogP contribution in [0.1, 0.15) is 49.6 Å². The Bertz CT molecular complexity index is 811. The lowest BCUT2D eigenvalue weighted by Crippen LogP contribution is -2.46. The van der Waals surface area contributed by atoms with Gasteiger partial charge in [-0.15, -0.1) is 5.10 Å². The Labute approximate surface area is 153 Å². The third-order valence-corrected chi connectivity index (χ3v) is 4.87. The highest BCUT2D eigenvalue weighted by Gasteiger charge is 2.37. The molecule has 1 fully saturated rings. The molecule has 1 aliphatic heterocycles. The molecule has 1 atom stereocenters. The van der Waals surface area contributed by atoms with Crippen LogP contribution < -0.4 is 4.74 Å². The molecule has 1 aromatic heterocycles. The van der Waals surface area contributed by atoms with Gasteiger partial charge in [0.15, 0.2) is 0 Å². The van der Waals surface area contributed by atoms with Crippen molar-refractivity contribution in [2.45, 2.75) is 44.9 Å². The molecule has 138 valence electrons. The van der Waals surface area contributed by atoms with Crippen LogP contribution in [0.4, 0.5) is 0 Å². The second-order valence-electron chi connectivity index (χ2n) is 7.16. The van der Waals surface area contributed by atoms with Crippen molar-refractivity contribution in [3.8, 4) is 11.8 Å². The fourth-order valence-corrected chi connectivity index (χ4v) is 3.42. The van der Waals surface area contributed by atoms with Gasteiger partial charge in [0.05, 0.1) is 24.9 Å². The standard InChI is InChI=1S/C19H25N5O2/c1-14(2)24-12-18(21-22-24)19(25)7-4-8-23(13-19)11-16-9-15(10-20)5-6-17(16)26-3/h5-6,9,12,14,25H,4,7-8,11,13H2,1-3H3. The van der Waals surface area contributed by atoms with E-state index in [-0.39, 0.29) is 6.04 Å². The number of likely N-dealkylation sites (tertiary alicyclic amines) is 1. The van der Waals surface area contributed by atoms with E-state index < -0.39 is 5.60 Å². The van der Waals surface area contributed by atoms with Gasteiger partial charge in [-0.3, -0.25) is 4.90 Å². The Morgan fingerprint density at radius 1 is 1.42 bits per heavy atom. The predicted octanol–water partition coefficient (Wildman–Crippen LogP) is 2.22. The van der Waals surface area contributed by atoms with Gasteiger partial charge in [0.1, 0.15) is 17.0 Å². The molecule has 0 saturated carbocycles. The average Bonchev–Trinajstić information content (AvgIpc) is 3.13. The van der Waals surface area contributed by atoms with Crippen molar-refractivity contribution >= 4 is 0 Å². The summed E-state index contributed by atoms with van der Waals surface area (Å²) in [4.78, 5) is 2.18. The van der Waals surface area contributed by atoms with E-state index in [1.165, 1.54) is 0 Å². The normalized spacial score (nSPS) is 20.9. The van der Waals surface area contributed by atoms with Crippen LogP contribution in [0.25, 0.3) is 0 Å². The van der Waals surface area contributed by atoms with E-state index in [2.05, 4.69) is 21.3 Å². The van der Waals surface area contributed by atoms with E-state index in [1.54, 1.807) is 17.9 Å². The maximum absolute atomic E-state index is 11.2. The number of methoxy groups -OCH3 is 1. The summed E-state index contributed by atoms with van der Waals surface area (Å²) in [6, 6.07) is 7.79. The molecule has 1 saturated heterocycles. The Balaban J connectivity index is 1.79. The van der Waals surface area contributed by atoms with Crippen LogP contribution in [-0.2, 0) is 12.1 Å². The quantitative estimate of drug-likeness (QED) is 0.885. The molecule has 0 bridgehead atoms. The van der Waals surface area contributed by atoms with Crippen molar-refractivity contribution in [2.75, 3.05) is 20.2 Å². The van der Waals surface area contributed by atoms with Crippen LogP contribution in [-0.4, -0.2) is 45.2 Å². The average molecular weight is 355 g/mol. The minimum atomic E-state index is -1.01. The van der Waals surface area contributed by atoms with Crippen LogP contribution in [0, 0.1) is 11.3 Å². The van der Waals surface area contributed by atoms with Gasteiger partial charge < -0.3 is 9.84 Å². The predicted molar refractivity (Wildman–Crippen MR) is 96.5 cm³/mol. The zero-order valence-electron chi connectivity index (χ0n) is 15.5. The SMILES string of the molecule is COc1ccc(C#N)cc1CN1CCCC(O)(c2cn(C(C)C)nn2)C1. The number of nitriles is 1. The summed E-state index contributed by atoms with van der Waals surface area (Å²) in [7, 11) is 1.63. The number of aromatic nitrogens is 3. The van der Waals surface area contributed by atoms with Crippen LogP contribution >= 0.6 is 0 Å². The molecule has 0 amide bonds. The molecule has 3 rings (SSSR count). The molecular formula is C19H25N5O2. The maximum atomic E-state index is 11.2. The number of nitrogens with zero attached hydrogens (tertiary/aromatic N) is 5. The molecule has 1 aliphatic rings. The van der Waals surface area contributed by atoms with E-state index >= 15 is 0 Å². The minimum Gasteiger partial charge on any atom is -0.496 e. The van der Waals surface area contributed by atoms with Gasteiger partial charge in [0.25, 0.3) is 0 Å². The Kier molecular flexibility index (Phi) is 5.25. The summed E-state index contributed by atoms with van der Waals surface area (Å²) in [5.74, 6) is 0.754. The zero-order chi connectivity index (χ0) is 18.7. The second kappa shape index (κ2) is 7.44. The lowest BCUT2D eigenvalue weighted by molar-refractivity contribution is -0.0416. The van der Waals surface area contributed by atoms with Crippen molar-refractivity contribution in [1.29, 1.82) is 5.26 Å². The highest BCUT2D eigenvalue weighted by atomic mass is 16.5. The van der Waals surface area contributed by atoms with Crippen LogP contribution in [0.5, 0.6) is 5.75 Å². The van der Waals surface area contributed by atoms with Gasteiger partial charge in [-0.25, -0.2) is 4.68 Å². The third kappa shape index (κ3) is 3.71. The number of β-amino-alcohol motifs (C(OH)–C–C–N with tert-alkyl or cyclic N) is 1. The number of aliphatic hydroxyl groups is 1. The fraction of sp³-hybridized carbons (Fsp3) is 0.526. The van der Waals surface area contributed by atoms with Gasteiger partial charge in [-0.1, -0.05) is 5.21 Å². The first kappa shape index (κ1) is 18.4. The zero-order valence-corrected chi connectivity index (χ0v) is 15.5. The Hall–Kier alpha value is -2.43. The first-order valence-electron chi connectivity index (χ1n) is 8.89. The van der Waals surface area contributed by atoms with E-state index in [4.69, 9.17) is 10.00 Å². The third-order valence-electron chi connectivity index (χ3n) is 4.87. The van der Waals surface area contributed by atoms with Crippen molar-refractivity contribution in [2.24, 2.45) is 0 Å². The second-order valence-corrected chi connectivity index (χ2v) is 7.16. The van der Waals surface area contributed by atoms with Crippen molar-refractivity contribution in [3.05, 3.63) is 41.2 Å². The number of rotatable bonds is 5. The van der Waals surface area contributed by atoms with Crippen LogP contribution in [0.15, 0.2) is 24.4 Å². The van der Waals surface area contributed by atoms with E-state index in [9.17, 15) is 5.11 Å². The molecule has 1 unspecified atom stereocenters. The van der Waals surface area contributed by atoms with Gasteiger partial charge in [0, 0.05) is 24.7 Å². The summed E-state index contributed by atoms with van der Waals surface area (Å²) in [5.41, 5.74) is 1.16. The van der Waals surface area contributed by atoms with Crippen molar-refractivity contribution in [3.63, 3.8) is 0 Å². The molecular weight excluding hydrogens is 330 g/mol. The maximum Gasteiger partial charge on any atom is 0.123 e. The number of piperidine rings is 1. The molecule has 7 heteroatoms. The molecule has 7 nitrogen and oxygen atoms in total. The summed E-state index contributed by atoms with van der Waals surface area (Å²) < 4.78 is 7.20. The molecule has 1 aromatic carbocycles. The fourth-order valence-electron chi connectivity index (χ4n) is 3.42. The molecule has 0 aliphatic carbocycles. The first-order valence-corrected chi connectivity index (χ1v) is 8.89. The van der Waals surface area contributed by atoms with Gasteiger partial charge in [-0.2, -0.15) is 5.26 Å². The number of ether oxygens (including phenoxy) is 1. The molecule has 2 aromatic rings. The number of hydrogen-bond donors (Lipinski definition) is 1. The number of hydrogen-bond acceptors (Lipinski definition) is 6. The Morgan fingerprint density at radius 2 is 2.23 bits per heavy atom. The van der Waals surface area contributed by atoms with Crippen molar-refractivity contribution < 1.29 is 9.84 Å². The Morgan fingerprint density at radius 3 is 2.88 bits per heavy atom. The van der Waals surface area contributed by atoms with Gasteiger partial charge >= 0.3 is 0 Å². The highest BCUT2D eigenvalue weighted by molar-refractivity contribution is 5.42. The van der Waals surface area contributed by atoms with Crippen LogP contribution in [0.2, 0.25) is 0 Å². The largest absolute Gasteiger partial charge is 0.496 e. The topological polar surface area (TPSA) is 87.2 Å². The lowest BCUT2D eigenvalue weighted by Gasteiger charge is -2.38. The molecule has 1 N–H and O–H groups in total. The first-order chi connectivity index (χ1) is 12.4. The monoisotopic (exact) mass is 355 g/mol. The van der Waals surface area contributed by atoms with Crippen LogP contribution in [0.3, 0.4) is 0 Å². The lowest BCUT2D eigenvalue weighted by atomic mass is 9.89.